The number of anilines is 2. The lowest BCUT2D eigenvalue weighted by Gasteiger charge is -2.28. The van der Waals surface area contributed by atoms with Crippen molar-refractivity contribution < 1.29 is 9.53 Å². The fourth-order valence-corrected chi connectivity index (χ4v) is 2.67. The zero-order valence-electron chi connectivity index (χ0n) is 11.8. The number of pyridine rings is 1. The normalized spacial score (nSPS) is 12.0. The van der Waals surface area contributed by atoms with Crippen LogP contribution in [0, 0.1) is 0 Å². The Bertz CT molecular complexity index is 440. The van der Waals surface area contributed by atoms with E-state index in [0.717, 1.165) is 12.2 Å². The van der Waals surface area contributed by atoms with Gasteiger partial charge in [0.05, 0.1) is 12.8 Å². The van der Waals surface area contributed by atoms with Gasteiger partial charge in [-0.1, -0.05) is 6.92 Å². The van der Waals surface area contributed by atoms with Crippen LogP contribution in [0.5, 0.6) is 0 Å². The van der Waals surface area contributed by atoms with Gasteiger partial charge < -0.3 is 15.4 Å². The smallest absolute Gasteiger partial charge is 0.356 e. The Labute approximate surface area is 118 Å². The van der Waals surface area contributed by atoms with E-state index < -0.39 is 5.97 Å². The Morgan fingerprint density at radius 2 is 2.26 bits per heavy atom. The van der Waals surface area contributed by atoms with Crippen LogP contribution in [-0.4, -0.2) is 43.2 Å². The van der Waals surface area contributed by atoms with E-state index in [4.69, 9.17) is 5.73 Å². The Morgan fingerprint density at radius 1 is 1.58 bits per heavy atom. The summed E-state index contributed by atoms with van der Waals surface area (Å²) in [5.41, 5.74) is 6.80. The molecule has 1 aromatic rings. The predicted octanol–water partition coefficient (Wildman–Crippen LogP) is 2.03. The van der Waals surface area contributed by atoms with Crippen LogP contribution < -0.4 is 10.6 Å². The lowest BCUT2D eigenvalue weighted by molar-refractivity contribution is 0.0594. The Hall–Kier alpha value is -1.43. The Kier molecular flexibility index (Phi) is 5.95. The molecule has 0 amide bonds. The molecule has 6 heteroatoms. The second kappa shape index (κ2) is 7.23. The maximum absolute atomic E-state index is 11.5. The van der Waals surface area contributed by atoms with Gasteiger partial charge in [-0.2, -0.15) is 11.8 Å². The molecule has 0 aromatic carbocycles. The number of esters is 1. The molecule has 0 aliphatic rings. The first kappa shape index (κ1) is 15.6. The lowest BCUT2D eigenvalue weighted by Crippen LogP contribution is -2.34. The van der Waals surface area contributed by atoms with Crippen molar-refractivity contribution >= 4 is 29.2 Å². The van der Waals surface area contributed by atoms with E-state index in [1.807, 2.05) is 11.9 Å². The van der Waals surface area contributed by atoms with Gasteiger partial charge in [-0.3, -0.25) is 0 Å². The molecular formula is C13H21N3O2S. The second-order valence-electron chi connectivity index (χ2n) is 4.23. The molecule has 0 aliphatic heterocycles. The molecule has 0 aliphatic carbocycles. The maximum Gasteiger partial charge on any atom is 0.356 e. The molecule has 1 rings (SSSR count). The molecule has 0 saturated heterocycles. The third-order valence-corrected chi connectivity index (χ3v) is 3.73. The van der Waals surface area contributed by atoms with Crippen molar-refractivity contribution in [2.75, 3.05) is 36.8 Å². The van der Waals surface area contributed by atoms with Gasteiger partial charge >= 0.3 is 5.97 Å². The molecule has 0 bridgehead atoms. The summed E-state index contributed by atoms with van der Waals surface area (Å²) < 4.78 is 4.68. The summed E-state index contributed by atoms with van der Waals surface area (Å²) in [6, 6.07) is 3.60. The average molecular weight is 283 g/mol. The summed E-state index contributed by atoms with van der Waals surface area (Å²) >= 11 is 1.78. The topological polar surface area (TPSA) is 68.5 Å². The SMILES string of the molecule is CCC(CSC)N(C)c1nc(C(=O)OC)ccc1N. The molecule has 1 unspecified atom stereocenters. The number of nitrogen functional groups attached to an aromatic ring is 1. The molecule has 106 valence electrons. The van der Waals surface area contributed by atoms with Gasteiger partial charge in [0.15, 0.2) is 11.5 Å². The van der Waals surface area contributed by atoms with Crippen LogP contribution in [0.15, 0.2) is 12.1 Å². The highest BCUT2D eigenvalue weighted by molar-refractivity contribution is 7.98. The number of thioether (sulfide) groups is 1. The number of methoxy groups -OCH3 is 1. The fraction of sp³-hybridized carbons (Fsp3) is 0.538. The van der Waals surface area contributed by atoms with Crippen LogP contribution in [0.3, 0.4) is 0 Å². The van der Waals surface area contributed by atoms with Crippen LogP contribution >= 0.6 is 11.8 Å². The number of nitrogens with zero attached hydrogens (tertiary/aromatic N) is 2. The highest BCUT2D eigenvalue weighted by Crippen LogP contribution is 2.24. The molecule has 0 fully saturated rings. The van der Waals surface area contributed by atoms with E-state index in [1.165, 1.54) is 7.11 Å². The minimum atomic E-state index is -0.451. The first-order valence-electron chi connectivity index (χ1n) is 6.11. The van der Waals surface area contributed by atoms with Crippen molar-refractivity contribution in [2.45, 2.75) is 19.4 Å². The van der Waals surface area contributed by atoms with Crippen LogP contribution in [0.4, 0.5) is 11.5 Å². The van der Waals surface area contributed by atoms with Gasteiger partial charge in [0.2, 0.25) is 0 Å². The summed E-state index contributed by atoms with van der Waals surface area (Å²) in [5.74, 6) is 1.16. The number of ether oxygens (including phenoxy) is 1. The first-order chi connectivity index (χ1) is 9.04. The number of carbonyl (C=O) groups excluding carboxylic acids is 1. The number of aromatic nitrogens is 1. The summed E-state index contributed by atoms with van der Waals surface area (Å²) in [7, 11) is 3.29. The Balaban J connectivity index is 3.06. The first-order valence-corrected chi connectivity index (χ1v) is 7.51. The number of rotatable bonds is 6. The molecule has 1 heterocycles. The number of nitrogens with two attached hydrogens (primary N) is 1. The number of carbonyl (C=O) groups is 1. The molecule has 0 spiro atoms. The second-order valence-corrected chi connectivity index (χ2v) is 5.14. The average Bonchev–Trinajstić information content (AvgIpc) is 2.43. The van der Waals surface area contributed by atoms with Gasteiger partial charge in [-0.05, 0) is 24.8 Å². The third kappa shape index (κ3) is 3.76. The van der Waals surface area contributed by atoms with E-state index in [1.54, 1.807) is 23.9 Å². The fourth-order valence-electron chi connectivity index (χ4n) is 1.83. The summed E-state index contributed by atoms with van der Waals surface area (Å²) in [4.78, 5) is 17.9. The summed E-state index contributed by atoms with van der Waals surface area (Å²) in [6.45, 7) is 2.12. The molecular weight excluding hydrogens is 262 g/mol. The lowest BCUT2D eigenvalue weighted by atomic mass is 10.2. The van der Waals surface area contributed by atoms with Gasteiger partial charge in [0.25, 0.3) is 0 Å². The number of hydrogen-bond acceptors (Lipinski definition) is 6. The largest absolute Gasteiger partial charge is 0.464 e. The van der Waals surface area contributed by atoms with Crippen molar-refractivity contribution in [1.82, 2.24) is 4.98 Å². The van der Waals surface area contributed by atoms with Gasteiger partial charge in [0, 0.05) is 18.8 Å². The molecule has 0 radical (unpaired) electrons. The zero-order valence-corrected chi connectivity index (χ0v) is 12.7. The van der Waals surface area contributed by atoms with E-state index in [0.29, 0.717) is 17.5 Å². The minimum absolute atomic E-state index is 0.276. The minimum Gasteiger partial charge on any atom is -0.464 e. The van der Waals surface area contributed by atoms with E-state index >= 15 is 0 Å². The van der Waals surface area contributed by atoms with Crippen LogP contribution in [-0.2, 0) is 4.74 Å². The molecule has 2 N–H and O–H groups in total. The van der Waals surface area contributed by atoms with E-state index in [9.17, 15) is 4.79 Å². The van der Waals surface area contributed by atoms with Crippen molar-refractivity contribution in [3.63, 3.8) is 0 Å². The third-order valence-electron chi connectivity index (χ3n) is 3.01. The predicted molar refractivity (Wildman–Crippen MR) is 80.9 cm³/mol. The van der Waals surface area contributed by atoms with Gasteiger partial charge in [0.1, 0.15) is 0 Å². The molecule has 1 aromatic heterocycles. The zero-order chi connectivity index (χ0) is 14.4. The van der Waals surface area contributed by atoms with Crippen molar-refractivity contribution in [3.8, 4) is 0 Å². The van der Waals surface area contributed by atoms with Crippen molar-refractivity contribution in [3.05, 3.63) is 17.8 Å². The standard InChI is InChI=1S/C13H21N3O2S/c1-5-9(8-19-4)16(2)12-10(14)6-7-11(15-12)13(17)18-3/h6-7,9H,5,8,14H2,1-4H3. The quantitative estimate of drug-likeness (QED) is 0.806. The Morgan fingerprint density at radius 3 is 2.79 bits per heavy atom. The molecule has 19 heavy (non-hydrogen) atoms. The highest BCUT2D eigenvalue weighted by Gasteiger charge is 2.18. The van der Waals surface area contributed by atoms with Gasteiger partial charge in [-0.25, -0.2) is 9.78 Å². The molecule has 5 nitrogen and oxygen atoms in total. The maximum atomic E-state index is 11.5. The highest BCUT2D eigenvalue weighted by atomic mass is 32.2. The van der Waals surface area contributed by atoms with Crippen LogP contribution in [0.1, 0.15) is 23.8 Å². The number of hydrogen-bond donors (Lipinski definition) is 1. The van der Waals surface area contributed by atoms with E-state index in [-0.39, 0.29) is 5.69 Å². The van der Waals surface area contributed by atoms with Crippen molar-refractivity contribution in [2.24, 2.45) is 0 Å². The van der Waals surface area contributed by atoms with Gasteiger partial charge in [-0.15, -0.1) is 0 Å². The molecule has 0 saturated carbocycles. The monoisotopic (exact) mass is 283 g/mol. The summed E-state index contributed by atoms with van der Waals surface area (Å²) in [6.07, 6.45) is 3.05. The van der Waals surface area contributed by atoms with Crippen LogP contribution in [0.25, 0.3) is 0 Å². The van der Waals surface area contributed by atoms with E-state index in [2.05, 4.69) is 22.9 Å². The summed E-state index contributed by atoms with van der Waals surface area (Å²) in [5, 5.41) is 0. The van der Waals surface area contributed by atoms with Crippen molar-refractivity contribution in [1.29, 1.82) is 0 Å². The molecule has 1 atom stereocenters. The van der Waals surface area contributed by atoms with Crippen LogP contribution in [0.2, 0.25) is 0 Å².